The number of nitrogens with zero attached hydrogens (tertiary/aromatic N) is 1. The molecule has 1 aromatic heterocycles. The van der Waals surface area contributed by atoms with E-state index < -0.39 is 5.60 Å². The molecule has 23 heavy (non-hydrogen) atoms. The summed E-state index contributed by atoms with van der Waals surface area (Å²) in [5, 5.41) is 6.10. The fourth-order valence-electron chi connectivity index (χ4n) is 2.84. The second kappa shape index (κ2) is 5.96. The van der Waals surface area contributed by atoms with Gasteiger partial charge in [-0.25, -0.2) is 4.98 Å². The summed E-state index contributed by atoms with van der Waals surface area (Å²) in [5.74, 6) is 0.131. The second-order valence-corrected chi connectivity index (χ2v) is 7.59. The predicted octanol–water partition coefficient (Wildman–Crippen LogP) is 4.63. The molecule has 1 aliphatic heterocycles. The van der Waals surface area contributed by atoms with Crippen LogP contribution in [0.2, 0.25) is 0 Å². The SMILES string of the molecule is Cc1ccc(Nc2nc([C@]3(C)C[C@@H](C(C)C)C(=O)O3)cs2)cc1. The Morgan fingerprint density at radius 1 is 1.35 bits per heavy atom. The number of cyclic esters (lactones) is 1. The highest BCUT2D eigenvalue weighted by atomic mass is 32.1. The Bertz CT molecular complexity index is 708. The Hall–Kier alpha value is -1.88. The number of aromatic nitrogens is 1. The van der Waals surface area contributed by atoms with Gasteiger partial charge in [-0.05, 0) is 31.9 Å². The number of aryl methyl sites for hydroxylation is 1. The van der Waals surface area contributed by atoms with Crippen molar-refractivity contribution >= 4 is 28.1 Å². The number of ether oxygens (including phenoxy) is 1. The van der Waals surface area contributed by atoms with Crippen molar-refractivity contribution < 1.29 is 9.53 Å². The summed E-state index contributed by atoms with van der Waals surface area (Å²) in [5.41, 5.74) is 2.44. The molecular weight excluding hydrogens is 308 g/mol. The standard InChI is InChI=1S/C18H22N2O2S/c1-11(2)14-9-18(4,22-16(14)21)15-10-23-17(20-15)19-13-7-5-12(3)6-8-13/h5-8,10-11,14H,9H2,1-4H3,(H,19,20)/t14-,18-/m0/s1. The molecule has 1 aromatic carbocycles. The molecule has 1 N–H and O–H groups in total. The van der Waals surface area contributed by atoms with E-state index in [1.54, 1.807) is 0 Å². The first-order chi connectivity index (χ1) is 10.9. The maximum atomic E-state index is 12.1. The molecule has 0 unspecified atom stereocenters. The third kappa shape index (κ3) is 3.24. The second-order valence-electron chi connectivity index (χ2n) is 6.74. The fraction of sp³-hybridized carbons (Fsp3) is 0.444. The van der Waals surface area contributed by atoms with E-state index in [1.807, 2.05) is 24.4 Å². The lowest BCUT2D eigenvalue weighted by atomic mass is 9.87. The molecule has 1 aliphatic rings. The van der Waals surface area contributed by atoms with Crippen LogP contribution in [0.4, 0.5) is 10.8 Å². The average molecular weight is 330 g/mol. The molecule has 0 bridgehead atoms. The van der Waals surface area contributed by atoms with Gasteiger partial charge in [0.2, 0.25) is 0 Å². The summed E-state index contributed by atoms with van der Waals surface area (Å²) in [6, 6.07) is 8.18. The number of anilines is 2. The molecule has 2 aromatic rings. The average Bonchev–Trinajstić information content (AvgIpc) is 3.07. The summed E-state index contributed by atoms with van der Waals surface area (Å²) < 4.78 is 5.67. The lowest BCUT2D eigenvalue weighted by molar-refractivity contribution is -0.151. The van der Waals surface area contributed by atoms with Crippen LogP contribution in [0.5, 0.6) is 0 Å². The van der Waals surface area contributed by atoms with E-state index in [2.05, 4.69) is 43.2 Å². The van der Waals surface area contributed by atoms with Crippen molar-refractivity contribution in [2.45, 2.75) is 39.7 Å². The minimum absolute atomic E-state index is 0.0461. The monoisotopic (exact) mass is 330 g/mol. The summed E-state index contributed by atoms with van der Waals surface area (Å²) in [7, 11) is 0. The van der Waals surface area contributed by atoms with Crippen molar-refractivity contribution in [3.63, 3.8) is 0 Å². The topological polar surface area (TPSA) is 51.2 Å². The molecule has 0 saturated carbocycles. The van der Waals surface area contributed by atoms with Crippen LogP contribution in [-0.4, -0.2) is 11.0 Å². The van der Waals surface area contributed by atoms with E-state index in [9.17, 15) is 4.79 Å². The smallest absolute Gasteiger partial charge is 0.310 e. The molecule has 4 nitrogen and oxygen atoms in total. The lowest BCUT2D eigenvalue weighted by Crippen LogP contribution is -2.21. The van der Waals surface area contributed by atoms with Gasteiger partial charge in [0.1, 0.15) is 0 Å². The molecule has 5 heteroatoms. The summed E-state index contributed by atoms with van der Waals surface area (Å²) >= 11 is 1.53. The molecule has 2 heterocycles. The van der Waals surface area contributed by atoms with E-state index in [-0.39, 0.29) is 17.8 Å². The van der Waals surface area contributed by atoms with Crippen LogP contribution in [0.25, 0.3) is 0 Å². The van der Waals surface area contributed by atoms with E-state index in [0.29, 0.717) is 6.42 Å². The molecule has 0 radical (unpaired) electrons. The van der Waals surface area contributed by atoms with Crippen LogP contribution in [0, 0.1) is 18.8 Å². The quantitative estimate of drug-likeness (QED) is 0.831. The maximum Gasteiger partial charge on any atom is 0.310 e. The van der Waals surface area contributed by atoms with Gasteiger partial charge in [-0.3, -0.25) is 4.79 Å². The maximum absolute atomic E-state index is 12.1. The summed E-state index contributed by atoms with van der Waals surface area (Å²) in [6.45, 7) is 8.13. The third-order valence-corrected chi connectivity index (χ3v) is 5.15. The number of carbonyl (C=O) groups is 1. The minimum Gasteiger partial charge on any atom is -0.453 e. The number of nitrogens with one attached hydrogen (secondary N) is 1. The highest BCUT2D eigenvalue weighted by molar-refractivity contribution is 7.13. The van der Waals surface area contributed by atoms with Crippen LogP contribution < -0.4 is 5.32 Å². The number of esters is 1. The number of rotatable bonds is 4. The first-order valence-electron chi connectivity index (χ1n) is 7.90. The first kappa shape index (κ1) is 16.0. The molecule has 1 fully saturated rings. The molecule has 2 atom stereocenters. The number of benzene rings is 1. The largest absolute Gasteiger partial charge is 0.453 e. The van der Waals surface area contributed by atoms with Crippen LogP contribution >= 0.6 is 11.3 Å². The van der Waals surface area contributed by atoms with Crippen molar-refractivity contribution in [2.24, 2.45) is 11.8 Å². The highest BCUT2D eigenvalue weighted by Crippen LogP contribution is 2.43. The van der Waals surface area contributed by atoms with Gasteiger partial charge in [0.15, 0.2) is 10.7 Å². The van der Waals surface area contributed by atoms with E-state index in [0.717, 1.165) is 16.5 Å². The molecule has 0 aliphatic carbocycles. The number of hydrogen-bond donors (Lipinski definition) is 1. The third-order valence-electron chi connectivity index (χ3n) is 4.39. The number of thiazole rings is 1. The fourth-order valence-corrected chi connectivity index (χ4v) is 3.69. The van der Waals surface area contributed by atoms with Crippen molar-refractivity contribution in [1.82, 2.24) is 4.98 Å². The Morgan fingerprint density at radius 2 is 2.04 bits per heavy atom. The molecule has 0 amide bonds. The van der Waals surface area contributed by atoms with Gasteiger partial charge in [-0.1, -0.05) is 31.5 Å². The van der Waals surface area contributed by atoms with Gasteiger partial charge in [0.05, 0.1) is 11.6 Å². The Kier molecular flexibility index (Phi) is 4.15. The summed E-state index contributed by atoms with van der Waals surface area (Å²) in [6.07, 6.45) is 0.692. The van der Waals surface area contributed by atoms with Gasteiger partial charge >= 0.3 is 5.97 Å². The van der Waals surface area contributed by atoms with Gasteiger partial charge in [0, 0.05) is 17.5 Å². The van der Waals surface area contributed by atoms with Crippen LogP contribution in [0.15, 0.2) is 29.6 Å². The van der Waals surface area contributed by atoms with Gasteiger partial charge in [-0.15, -0.1) is 11.3 Å². The number of hydrogen-bond acceptors (Lipinski definition) is 5. The van der Waals surface area contributed by atoms with Gasteiger partial charge in [0.25, 0.3) is 0 Å². The normalized spacial score (nSPS) is 24.0. The lowest BCUT2D eigenvalue weighted by Gasteiger charge is -2.20. The van der Waals surface area contributed by atoms with E-state index in [1.165, 1.54) is 16.9 Å². The Morgan fingerprint density at radius 3 is 2.65 bits per heavy atom. The minimum atomic E-state index is -0.615. The predicted molar refractivity (Wildman–Crippen MR) is 93.0 cm³/mol. The van der Waals surface area contributed by atoms with Crippen LogP contribution in [0.3, 0.4) is 0 Å². The number of carbonyl (C=O) groups excluding carboxylic acids is 1. The van der Waals surface area contributed by atoms with Gasteiger partial charge in [-0.2, -0.15) is 0 Å². The zero-order valence-corrected chi connectivity index (χ0v) is 14.7. The van der Waals surface area contributed by atoms with E-state index in [4.69, 9.17) is 4.74 Å². The molecule has 1 saturated heterocycles. The highest BCUT2D eigenvalue weighted by Gasteiger charge is 2.47. The molecule has 122 valence electrons. The Labute approximate surface area is 140 Å². The van der Waals surface area contributed by atoms with Crippen LogP contribution in [-0.2, 0) is 15.1 Å². The van der Waals surface area contributed by atoms with Crippen molar-refractivity contribution in [2.75, 3.05) is 5.32 Å². The van der Waals surface area contributed by atoms with E-state index >= 15 is 0 Å². The Balaban J connectivity index is 1.76. The van der Waals surface area contributed by atoms with Crippen molar-refractivity contribution in [1.29, 1.82) is 0 Å². The van der Waals surface area contributed by atoms with Crippen molar-refractivity contribution in [3.8, 4) is 0 Å². The zero-order valence-electron chi connectivity index (χ0n) is 13.9. The molecule has 3 rings (SSSR count). The zero-order chi connectivity index (χ0) is 16.6. The van der Waals surface area contributed by atoms with Gasteiger partial charge < -0.3 is 10.1 Å². The molecular formula is C18H22N2O2S. The molecule has 0 spiro atoms. The van der Waals surface area contributed by atoms with Crippen LogP contribution in [0.1, 0.15) is 38.4 Å². The van der Waals surface area contributed by atoms with Crippen molar-refractivity contribution in [3.05, 3.63) is 40.9 Å². The first-order valence-corrected chi connectivity index (χ1v) is 8.78. The summed E-state index contributed by atoms with van der Waals surface area (Å²) in [4.78, 5) is 16.7.